The number of aromatic hydroxyl groups is 1. The number of benzene rings is 2. The first-order valence-electron chi connectivity index (χ1n) is 12.3. The lowest BCUT2D eigenvalue weighted by molar-refractivity contribution is 0.387. The smallest absolute Gasteiger partial charge is 0.265 e. The Bertz CT molecular complexity index is 1540. The number of pyridine rings is 1. The van der Waals surface area contributed by atoms with Crippen LogP contribution in [0.3, 0.4) is 0 Å². The summed E-state index contributed by atoms with van der Waals surface area (Å²) in [4.78, 5) is 30.5. The topological polar surface area (TPSA) is 95.6 Å². The van der Waals surface area contributed by atoms with Crippen LogP contribution in [-0.4, -0.2) is 33.4 Å². The van der Waals surface area contributed by atoms with Gasteiger partial charge in [0.25, 0.3) is 11.1 Å². The first-order chi connectivity index (χ1) is 18.2. The SMILES string of the molecule is COc1cccc(OC)c1-n1c(CCC(C)C)nc(O)c(Cc2ccc(-n3cc(F)ccc3=O)cc2)c1=O. The van der Waals surface area contributed by atoms with Crippen molar-refractivity contribution in [1.29, 1.82) is 0 Å². The van der Waals surface area contributed by atoms with Crippen molar-refractivity contribution >= 4 is 0 Å². The second-order valence-corrected chi connectivity index (χ2v) is 9.31. The van der Waals surface area contributed by atoms with Crippen LogP contribution < -0.4 is 20.6 Å². The summed E-state index contributed by atoms with van der Waals surface area (Å²) in [5, 5.41) is 10.8. The first kappa shape index (κ1) is 26.7. The van der Waals surface area contributed by atoms with Gasteiger partial charge in [-0.25, -0.2) is 4.39 Å². The maximum atomic E-state index is 13.9. The fourth-order valence-electron chi connectivity index (χ4n) is 4.25. The molecule has 0 fully saturated rings. The highest BCUT2D eigenvalue weighted by Crippen LogP contribution is 2.33. The Kier molecular flexibility index (Phi) is 7.95. The van der Waals surface area contributed by atoms with Gasteiger partial charge in [-0.2, -0.15) is 4.98 Å². The van der Waals surface area contributed by atoms with Gasteiger partial charge < -0.3 is 14.6 Å². The molecule has 1 N–H and O–H groups in total. The van der Waals surface area contributed by atoms with E-state index in [9.17, 15) is 19.1 Å². The average molecular weight is 520 g/mol. The lowest BCUT2D eigenvalue weighted by atomic mass is 10.0. The Morgan fingerprint density at radius 3 is 2.24 bits per heavy atom. The zero-order chi connectivity index (χ0) is 27.4. The van der Waals surface area contributed by atoms with Crippen molar-refractivity contribution in [2.24, 2.45) is 5.92 Å². The molecule has 0 aliphatic carbocycles. The molecule has 2 heterocycles. The molecule has 0 radical (unpaired) electrons. The molecule has 4 rings (SSSR count). The van der Waals surface area contributed by atoms with Crippen molar-refractivity contribution in [3.8, 4) is 28.8 Å². The van der Waals surface area contributed by atoms with Gasteiger partial charge >= 0.3 is 0 Å². The molecule has 198 valence electrons. The van der Waals surface area contributed by atoms with E-state index in [0.717, 1.165) is 24.8 Å². The van der Waals surface area contributed by atoms with Crippen molar-refractivity contribution < 1.29 is 19.0 Å². The van der Waals surface area contributed by atoms with E-state index in [0.29, 0.717) is 46.6 Å². The van der Waals surface area contributed by atoms with Gasteiger partial charge in [0.05, 0.1) is 19.8 Å². The van der Waals surface area contributed by atoms with Gasteiger partial charge in [-0.15, -0.1) is 0 Å². The second-order valence-electron chi connectivity index (χ2n) is 9.31. The van der Waals surface area contributed by atoms with Gasteiger partial charge in [0.2, 0.25) is 5.88 Å². The highest BCUT2D eigenvalue weighted by molar-refractivity contribution is 5.58. The number of hydrogen-bond acceptors (Lipinski definition) is 6. The van der Waals surface area contributed by atoms with Gasteiger partial charge in [-0.3, -0.25) is 18.7 Å². The number of ether oxygens (including phenoxy) is 2. The summed E-state index contributed by atoms with van der Waals surface area (Å²) >= 11 is 0. The molecule has 0 atom stereocenters. The van der Waals surface area contributed by atoms with Crippen LogP contribution in [0.2, 0.25) is 0 Å². The van der Waals surface area contributed by atoms with Gasteiger partial charge in [0.1, 0.15) is 28.8 Å². The molecule has 38 heavy (non-hydrogen) atoms. The van der Waals surface area contributed by atoms with Crippen LogP contribution in [0, 0.1) is 11.7 Å². The summed E-state index contributed by atoms with van der Waals surface area (Å²) in [5.41, 5.74) is 0.871. The predicted molar refractivity (Wildman–Crippen MR) is 143 cm³/mol. The summed E-state index contributed by atoms with van der Waals surface area (Å²) in [5.74, 6) is 0.736. The molecule has 0 amide bonds. The minimum Gasteiger partial charge on any atom is -0.494 e. The Morgan fingerprint density at radius 1 is 0.974 bits per heavy atom. The zero-order valence-electron chi connectivity index (χ0n) is 21.8. The summed E-state index contributed by atoms with van der Waals surface area (Å²) in [6.45, 7) is 4.14. The summed E-state index contributed by atoms with van der Waals surface area (Å²) in [6, 6.07) is 14.2. The quantitative estimate of drug-likeness (QED) is 0.352. The molecule has 2 aromatic carbocycles. The third-order valence-corrected chi connectivity index (χ3v) is 6.27. The van der Waals surface area contributed by atoms with Gasteiger partial charge in [0.15, 0.2) is 0 Å². The van der Waals surface area contributed by atoms with Gasteiger partial charge in [0, 0.05) is 30.8 Å². The fraction of sp³-hybridized carbons (Fsp3) is 0.276. The number of rotatable bonds is 9. The largest absolute Gasteiger partial charge is 0.494 e. The Balaban J connectivity index is 1.81. The third kappa shape index (κ3) is 5.46. The zero-order valence-corrected chi connectivity index (χ0v) is 21.8. The lowest BCUT2D eigenvalue weighted by Gasteiger charge is -2.20. The molecule has 0 unspecified atom stereocenters. The summed E-state index contributed by atoms with van der Waals surface area (Å²) in [7, 11) is 3.02. The van der Waals surface area contributed by atoms with Crippen LogP contribution >= 0.6 is 0 Å². The standard InChI is InChI=1S/C29H30FN3O5/c1-18(2)8-14-25-31-28(35)22(29(36)33(25)27-23(37-3)6-5-7-24(27)38-4)16-19-9-12-21(13-10-19)32-17-20(30)11-15-26(32)34/h5-7,9-13,15,17-18,35H,8,14,16H2,1-4H3. The second kappa shape index (κ2) is 11.3. The van der Waals surface area contributed by atoms with E-state index in [1.54, 1.807) is 42.5 Å². The highest BCUT2D eigenvalue weighted by atomic mass is 19.1. The Labute approximate surface area is 219 Å². The van der Waals surface area contributed by atoms with E-state index in [4.69, 9.17) is 9.47 Å². The molecule has 0 bridgehead atoms. The number of aryl methyl sites for hydroxylation is 1. The molecule has 0 aliphatic rings. The minimum absolute atomic E-state index is 0.0813. The molecule has 0 saturated carbocycles. The maximum absolute atomic E-state index is 13.9. The molecule has 4 aromatic rings. The van der Waals surface area contributed by atoms with E-state index in [-0.39, 0.29) is 23.4 Å². The highest BCUT2D eigenvalue weighted by Gasteiger charge is 2.23. The monoisotopic (exact) mass is 519 g/mol. The van der Waals surface area contributed by atoms with Crippen LogP contribution in [0.1, 0.15) is 37.2 Å². The van der Waals surface area contributed by atoms with Gasteiger partial charge in [-0.1, -0.05) is 32.0 Å². The van der Waals surface area contributed by atoms with E-state index in [1.165, 1.54) is 23.4 Å². The Hall–Kier alpha value is -4.40. The number of halogens is 1. The Morgan fingerprint density at radius 2 is 1.63 bits per heavy atom. The van der Waals surface area contributed by atoms with Crippen molar-refractivity contribution in [3.63, 3.8) is 0 Å². The van der Waals surface area contributed by atoms with Crippen LogP contribution in [-0.2, 0) is 12.8 Å². The minimum atomic E-state index is -0.533. The molecule has 9 heteroatoms. The van der Waals surface area contributed by atoms with Crippen LogP contribution in [0.25, 0.3) is 11.4 Å². The molecule has 2 aromatic heterocycles. The van der Waals surface area contributed by atoms with E-state index in [2.05, 4.69) is 18.8 Å². The van der Waals surface area contributed by atoms with Crippen molar-refractivity contribution in [1.82, 2.24) is 14.1 Å². The first-order valence-corrected chi connectivity index (χ1v) is 12.3. The number of nitrogens with zero attached hydrogens (tertiary/aromatic N) is 3. The van der Waals surface area contributed by atoms with E-state index < -0.39 is 11.4 Å². The van der Waals surface area contributed by atoms with Crippen molar-refractivity contribution in [3.05, 3.63) is 104 Å². The molecular formula is C29H30FN3O5. The number of para-hydroxylation sites is 1. The van der Waals surface area contributed by atoms with E-state index >= 15 is 0 Å². The molecule has 8 nitrogen and oxygen atoms in total. The normalized spacial score (nSPS) is 11.1. The predicted octanol–water partition coefficient (Wildman–Crippen LogP) is 4.42. The lowest BCUT2D eigenvalue weighted by Crippen LogP contribution is -2.28. The number of methoxy groups -OCH3 is 2. The van der Waals surface area contributed by atoms with Crippen LogP contribution in [0.5, 0.6) is 17.4 Å². The number of aromatic nitrogens is 3. The van der Waals surface area contributed by atoms with Crippen LogP contribution in [0.4, 0.5) is 4.39 Å². The molecule has 0 spiro atoms. The van der Waals surface area contributed by atoms with Crippen LogP contribution in [0.15, 0.2) is 70.4 Å². The number of hydrogen-bond donors (Lipinski definition) is 1. The van der Waals surface area contributed by atoms with Gasteiger partial charge in [-0.05, 0) is 48.2 Å². The summed E-state index contributed by atoms with van der Waals surface area (Å²) in [6.07, 6.45) is 2.41. The molecule has 0 saturated heterocycles. The third-order valence-electron chi connectivity index (χ3n) is 6.27. The van der Waals surface area contributed by atoms with E-state index in [1.807, 2.05) is 0 Å². The maximum Gasteiger partial charge on any atom is 0.265 e. The average Bonchev–Trinajstić information content (AvgIpc) is 2.91. The van der Waals surface area contributed by atoms with Crippen molar-refractivity contribution in [2.75, 3.05) is 14.2 Å². The van der Waals surface area contributed by atoms with Crippen molar-refractivity contribution in [2.45, 2.75) is 33.1 Å². The molecule has 0 aliphatic heterocycles. The molecular weight excluding hydrogens is 489 g/mol. The fourth-order valence-corrected chi connectivity index (χ4v) is 4.25. The summed E-state index contributed by atoms with van der Waals surface area (Å²) < 4.78 is 27.4.